The first-order chi connectivity index (χ1) is 14.1. The third kappa shape index (κ3) is 5.59. The van der Waals surface area contributed by atoms with Crippen molar-refractivity contribution in [3.63, 3.8) is 0 Å². The maximum Gasteiger partial charge on any atom is 0.216 e. The van der Waals surface area contributed by atoms with E-state index < -0.39 is 0 Å². The van der Waals surface area contributed by atoms with Gasteiger partial charge in [-0.2, -0.15) is 0 Å². The van der Waals surface area contributed by atoms with E-state index in [9.17, 15) is 4.79 Å². The van der Waals surface area contributed by atoms with Gasteiger partial charge in [0.2, 0.25) is 5.91 Å². The molecule has 0 spiro atoms. The normalized spacial score (nSPS) is 11.0. The van der Waals surface area contributed by atoms with Crippen LogP contribution in [0, 0.1) is 13.8 Å². The molecule has 3 aromatic rings. The predicted octanol–water partition coefficient (Wildman–Crippen LogP) is 4.58. The van der Waals surface area contributed by atoms with E-state index in [4.69, 9.17) is 9.72 Å². The number of benzene rings is 2. The van der Waals surface area contributed by atoms with Crippen LogP contribution in [-0.2, 0) is 17.8 Å². The standard InChI is InChI=1S/C24H31N3O2/c1-18-10-8-13-23(19(18)2)29-17-7-6-16-27-22-12-5-4-11-21(22)26-24(27)14-9-15-25-20(3)28/h4-5,8,10-13H,6-7,9,14-17H2,1-3H3,(H,25,28). The lowest BCUT2D eigenvalue weighted by Gasteiger charge is -2.12. The number of rotatable bonds is 10. The molecule has 154 valence electrons. The number of hydrogen-bond donors (Lipinski definition) is 1. The molecule has 0 saturated heterocycles. The molecule has 0 aliphatic carbocycles. The number of nitrogens with zero attached hydrogens (tertiary/aromatic N) is 2. The molecule has 0 radical (unpaired) electrons. The highest BCUT2D eigenvalue weighted by Gasteiger charge is 2.10. The molecule has 0 saturated carbocycles. The van der Waals surface area contributed by atoms with E-state index in [1.807, 2.05) is 18.2 Å². The van der Waals surface area contributed by atoms with E-state index >= 15 is 0 Å². The molecule has 1 aromatic heterocycles. The average molecular weight is 394 g/mol. The van der Waals surface area contributed by atoms with Crippen molar-refractivity contribution < 1.29 is 9.53 Å². The summed E-state index contributed by atoms with van der Waals surface area (Å²) in [7, 11) is 0. The van der Waals surface area contributed by atoms with E-state index in [1.54, 1.807) is 6.92 Å². The van der Waals surface area contributed by atoms with Gasteiger partial charge in [-0.25, -0.2) is 4.98 Å². The summed E-state index contributed by atoms with van der Waals surface area (Å²) in [5.74, 6) is 2.09. The van der Waals surface area contributed by atoms with Crippen LogP contribution in [0.1, 0.15) is 43.1 Å². The molecule has 3 rings (SSSR count). The molecule has 29 heavy (non-hydrogen) atoms. The van der Waals surface area contributed by atoms with Crippen LogP contribution in [-0.4, -0.2) is 28.6 Å². The number of amides is 1. The lowest BCUT2D eigenvalue weighted by molar-refractivity contribution is -0.118. The second kappa shape index (κ2) is 10.1. The molecule has 0 unspecified atom stereocenters. The zero-order chi connectivity index (χ0) is 20.6. The predicted molar refractivity (Wildman–Crippen MR) is 117 cm³/mol. The van der Waals surface area contributed by atoms with Crippen LogP contribution in [0.4, 0.5) is 0 Å². The van der Waals surface area contributed by atoms with Crippen LogP contribution >= 0.6 is 0 Å². The van der Waals surface area contributed by atoms with Gasteiger partial charge in [0, 0.05) is 26.4 Å². The van der Waals surface area contributed by atoms with Crippen LogP contribution in [0.15, 0.2) is 42.5 Å². The minimum atomic E-state index is 0.0161. The van der Waals surface area contributed by atoms with E-state index in [-0.39, 0.29) is 5.91 Å². The number of imidazole rings is 1. The Morgan fingerprint density at radius 2 is 1.90 bits per heavy atom. The quantitative estimate of drug-likeness (QED) is 0.513. The summed E-state index contributed by atoms with van der Waals surface area (Å²) in [6.45, 7) is 8.09. The van der Waals surface area contributed by atoms with Crippen LogP contribution in [0.5, 0.6) is 5.75 Å². The summed E-state index contributed by atoms with van der Waals surface area (Å²) >= 11 is 0. The molecule has 5 heteroatoms. The average Bonchev–Trinajstić information content (AvgIpc) is 3.05. The van der Waals surface area contributed by atoms with Crippen LogP contribution in [0.3, 0.4) is 0 Å². The van der Waals surface area contributed by atoms with Gasteiger partial charge in [0.15, 0.2) is 0 Å². The Bertz CT molecular complexity index is 962. The van der Waals surface area contributed by atoms with Gasteiger partial charge in [-0.15, -0.1) is 0 Å². The number of carbonyl (C=O) groups is 1. The minimum Gasteiger partial charge on any atom is -0.493 e. The van der Waals surface area contributed by atoms with E-state index in [2.05, 4.69) is 48.0 Å². The number of fused-ring (bicyclic) bond motifs is 1. The molecular formula is C24H31N3O2. The second-order valence-electron chi connectivity index (χ2n) is 7.51. The first-order valence-corrected chi connectivity index (χ1v) is 10.4. The molecule has 1 amide bonds. The molecule has 0 bridgehead atoms. The van der Waals surface area contributed by atoms with Gasteiger partial charge in [-0.1, -0.05) is 24.3 Å². The third-order valence-corrected chi connectivity index (χ3v) is 5.27. The number of ether oxygens (including phenoxy) is 1. The summed E-state index contributed by atoms with van der Waals surface area (Å²) in [5.41, 5.74) is 4.69. The van der Waals surface area contributed by atoms with Crippen molar-refractivity contribution in [1.82, 2.24) is 14.9 Å². The number of nitrogens with one attached hydrogen (secondary N) is 1. The lowest BCUT2D eigenvalue weighted by Crippen LogP contribution is -2.21. The molecule has 0 atom stereocenters. The summed E-state index contributed by atoms with van der Waals surface area (Å²) in [6, 6.07) is 14.5. The molecular weight excluding hydrogens is 362 g/mol. The SMILES string of the molecule is CC(=O)NCCCc1nc2ccccc2n1CCCCOc1cccc(C)c1C. The Morgan fingerprint density at radius 1 is 1.07 bits per heavy atom. The van der Waals surface area contributed by atoms with E-state index in [1.165, 1.54) is 16.6 Å². The number of hydrogen-bond acceptors (Lipinski definition) is 3. The third-order valence-electron chi connectivity index (χ3n) is 5.27. The van der Waals surface area contributed by atoms with Crippen LogP contribution < -0.4 is 10.1 Å². The Labute approximate surface area is 173 Å². The maximum atomic E-state index is 11.1. The minimum absolute atomic E-state index is 0.0161. The number of para-hydroxylation sites is 2. The summed E-state index contributed by atoms with van der Waals surface area (Å²) in [4.78, 5) is 15.9. The van der Waals surface area contributed by atoms with Crippen molar-refractivity contribution >= 4 is 16.9 Å². The first-order valence-electron chi connectivity index (χ1n) is 10.4. The summed E-state index contributed by atoms with van der Waals surface area (Å²) in [6.07, 6.45) is 3.77. The fourth-order valence-corrected chi connectivity index (χ4v) is 3.51. The molecule has 1 N–H and O–H groups in total. The van der Waals surface area contributed by atoms with Gasteiger partial charge < -0.3 is 14.6 Å². The highest BCUT2D eigenvalue weighted by atomic mass is 16.5. The molecule has 0 fully saturated rings. The van der Waals surface area contributed by atoms with Gasteiger partial charge in [0.1, 0.15) is 11.6 Å². The van der Waals surface area contributed by atoms with Gasteiger partial charge in [-0.3, -0.25) is 4.79 Å². The lowest BCUT2D eigenvalue weighted by atomic mass is 10.1. The monoisotopic (exact) mass is 393 g/mol. The fourth-order valence-electron chi connectivity index (χ4n) is 3.51. The van der Waals surface area contributed by atoms with Gasteiger partial charge in [0.25, 0.3) is 0 Å². The highest BCUT2D eigenvalue weighted by molar-refractivity contribution is 5.76. The number of unbranched alkanes of at least 4 members (excludes halogenated alkanes) is 1. The van der Waals surface area contributed by atoms with Crippen LogP contribution in [0.2, 0.25) is 0 Å². The fraction of sp³-hybridized carbons (Fsp3) is 0.417. The van der Waals surface area contributed by atoms with Crippen molar-refractivity contribution in [1.29, 1.82) is 0 Å². The highest BCUT2D eigenvalue weighted by Crippen LogP contribution is 2.21. The molecule has 5 nitrogen and oxygen atoms in total. The largest absolute Gasteiger partial charge is 0.493 e. The molecule has 0 aliphatic rings. The zero-order valence-corrected chi connectivity index (χ0v) is 17.7. The Kier molecular flexibility index (Phi) is 7.28. The van der Waals surface area contributed by atoms with Gasteiger partial charge in [0.05, 0.1) is 17.6 Å². The molecule has 2 aromatic carbocycles. The Balaban J connectivity index is 1.56. The van der Waals surface area contributed by atoms with Crippen molar-refractivity contribution in [3.8, 4) is 5.75 Å². The summed E-state index contributed by atoms with van der Waals surface area (Å²) in [5, 5.41) is 2.86. The van der Waals surface area contributed by atoms with Crippen molar-refractivity contribution in [2.75, 3.05) is 13.2 Å². The first kappa shape index (κ1) is 20.9. The van der Waals surface area contributed by atoms with E-state index in [0.29, 0.717) is 6.54 Å². The maximum absolute atomic E-state index is 11.1. The van der Waals surface area contributed by atoms with Crippen molar-refractivity contribution in [2.24, 2.45) is 0 Å². The van der Waals surface area contributed by atoms with E-state index in [0.717, 1.165) is 55.9 Å². The Morgan fingerprint density at radius 3 is 2.72 bits per heavy atom. The molecule has 1 heterocycles. The number of carbonyl (C=O) groups excluding carboxylic acids is 1. The van der Waals surface area contributed by atoms with Gasteiger partial charge in [-0.05, 0) is 62.4 Å². The Hall–Kier alpha value is -2.82. The second-order valence-corrected chi connectivity index (χ2v) is 7.51. The number of aromatic nitrogens is 2. The van der Waals surface area contributed by atoms with Crippen LogP contribution in [0.25, 0.3) is 11.0 Å². The van der Waals surface area contributed by atoms with Crippen molar-refractivity contribution in [2.45, 2.75) is 53.0 Å². The van der Waals surface area contributed by atoms with Gasteiger partial charge >= 0.3 is 0 Å². The van der Waals surface area contributed by atoms with Crippen molar-refractivity contribution in [3.05, 3.63) is 59.4 Å². The number of aryl methyl sites for hydroxylation is 3. The topological polar surface area (TPSA) is 56.2 Å². The molecule has 0 aliphatic heterocycles. The zero-order valence-electron chi connectivity index (χ0n) is 17.7. The smallest absolute Gasteiger partial charge is 0.216 e. The summed E-state index contributed by atoms with van der Waals surface area (Å²) < 4.78 is 8.31.